The molecule has 2 aromatic heterocycles. The lowest BCUT2D eigenvalue weighted by molar-refractivity contribution is 1.18. The molecule has 10 aromatic rings. The summed E-state index contributed by atoms with van der Waals surface area (Å²) in [4.78, 5) is 15.6. The molecule has 0 aliphatic heterocycles. The summed E-state index contributed by atoms with van der Waals surface area (Å²) in [7, 11) is 0. The smallest absolute Gasteiger partial charge is 0.187 e. The van der Waals surface area contributed by atoms with Gasteiger partial charge in [0, 0.05) is 50.2 Å². The molecule has 0 radical (unpaired) electrons. The van der Waals surface area contributed by atoms with E-state index in [9.17, 15) is 10.5 Å². The molecule has 7 heteroatoms. The molecule has 2 heterocycles. The Morgan fingerprint density at radius 2 is 1.10 bits per heavy atom. The Bertz CT molecular complexity index is 3290. The Morgan fingerprint density at radius 1 is 0.484 bits per heavy atom. The first kappa shape index (κ1) is 37.2. The first-order valence-electron chi connectivity index (χ1n) is 20.0. The van der Waals surface area contributed by atoms with Gasteiger partial charge in [-0.05, 0) is 96.1 Å². The largest absolute Gasteiger partial charge is 0.311 e. The minimum absolute atomic E-state index is 0.527. The number of rotatable bonds is 8. The number of anilines is 3. The number of hydrogen-bond donors (Lipinski definition) is 0. The van der Waals surface area contributed by atoms with Crippen molar-refractivity contribution in [1.82, 2.24) is 14.5 Å². The predicted molar refractivity (Wildman–Crippen MR) is 248 cm³/mol. The average molecular weight is 792 g/mol. The van der Waals surface area contributed by atoms with Gasteiger partial charge >= 0.3 is 0 Å². The topological polar surface area (TPSA) is 85.9 Å². The Morgan fingerprint density at radius 3 is 1.79 bits per heavy atom. The number of fused-ring (bicyclic) bond motifs is 3. The monoisotopic (exact) mass is 791 g/mol. The molecule has 0 unspecified atom stereocenters. The molecular weight excluding hydrogens is 759 g/mol. The molecule has 7 nitrogen and oxygen atoms in total. The first-order chi connectivity index (χ1) is 30.6. The molecule has 0 bridgehead atoms. The SMILES string of the molecule is [C-]#[N+]c1ccc(N(c2ccc(C#N)cc2)c2ccc3c(c2)c2ccccc2n3-c2ccc(-c3ccc(-c4cc(-c5ccccc5)nc(-c5ccccc5)n4)c(C#N)c3)cc2)cc1. The van der Waals surface area contributed by atoms with Crippen LogP contribution in [-0.4, -0.2) is 14.5 Å². The lowest BCUT2D eigenvalue weighted by atomic mass is 9.97. The second-order valence-corrected chi connectivity index (χ2v) is 14.8. The highest BCUT2D eigenvalue weighted by Crippen LogP contribution is 2.41. The molecule has 0 saturated heterocycles. The van der Waals surface area contributed by atoms with Crippen LogP contribution in [0.1, 0.15) is 11.1 Å². The van der Waals surface area contributed by atoms with Gasteiger partial charge in [0.25, 0.3) is 0 Å². The van der Waals surface area contributed by atoms with Gasteiger partial charge in [0.2, 0.25) is 0 Å². The molecule has 0 spiro atoms. The Kier molecular flexibility index (Phi) is 9.56. The minimum atomic E-state index is 0.527. The van der Waals surface area contributed by atoms with Crippen molar-refractivity contribution >= 4 is 44.6 Å². The summed E-state index contributed by atoms with van der Waals surface area (Å²) in [5, 5.41) is 22.2. The van der Waals surface area contributed by atoms with Crippen molar-refractivity contribution in [3.8, 4) is 62.9 Å². The Labute approximate surface area is 358 Å². The van der Waals surface area contributed by atoms with Crippen LogP contribution in [0.4, 0.5) is 22.7 Å². The van der Waals surface area contributed by atoms with E-state index in [1.165, 1.54) is 0 Å². The molecule has 0 N–H and O–H groups in total. The zero-order valence-electron chi connectivity index (χ0n) is 33.2. The van der Waals surface area contributed by atoms with Gasteiger partial charge in [0.05, 0.1) is 52.3 Å². The van der Waals surface area contributed by atoms with Crippen LogP contribution < -0.4 is 4.90 Å². The molecule has 10 rings (SSSR count). The maximum absolute atomic E-state index is 10.5. The van der Waals surface area contributed by atoms with Gasteiger partial charge in [-0.3, -0.25) is 0 Å². The number of aromatic nitrogens is 3. The van der Waals surface area contributed by atoms with Crippen molar-refractivity contribution in [1.29, 1.82) is 10.5 Å². The van der Waals surface area contributed by atoms with E-state index in [1.807, 2.05) is 127 Å². The number of benzene rings is 8. The van der Waals surface area contributed by atoms with Crippen LogP contribution >= 0.6 is 0 Å². The molecule has 0 fully saturated rings. The lowest BCUT2D eigenvalue weighted by Crippen LogP contribution is -2.09. The number of hydrogen-bond acceptors (Lipinski definition) is 5. The van der Waals surface area contributed by atoms with Crippen LogP contribution in [0.3, 0.4) is 0 Å². The Balaban J connectivity index is 1.02. The van der Waals surface area contributed by atoms with Gasteiger partial charge in [-0.15, -0.1) is 0 Å². The maximum Gasteiger partial charge on any atom is 0.187 e. The van der Waals surface area contributed by atoms with Crippen LogP contribution in [0.2, 0.25) is 0 Å². The van der Waals surface area contributed by atoms with Crippen molar-refractivity contribution in [3.05, 3.63) is 223 Å². The van der Waals surface area contributed by atoms with Crippen molar-refractivity contribution < 1.29 is 0 Å². The molecule has 0 aliphatic carbocycles. The van der Waals surface area contributed by atoms with Gasteiger partial charge < -0.3 is 9.47 Å². The number of nitrogens with zero attached hydrogens (tertiary/aromatic N) is 7. The maximum atomic E-state index is 10.5. The highest BCUT2D eigenvalue weighted by Gasteiger charge is 2.19. The molecule has 62 heavy (non-hydrogen) atoms. The van der Waals surface area contributed by atoms with E-state index in [4.69, 9.17) is 16.5 Å². The summed E-state index contributed by atoms with van der Waals surface area (Å²) in [6.07, 6.45) is 0. The zero-order chi connectivity index (χ0) is 42.0. The van der Waals surface area contributed by atoms with Gasteiger partial charge in [0.1, 0.15) is 0 Å². The van der Waals surface area contributed by atoms with Crippen LogP contribution in [0.5, 0.6) is 0 Å². The molecule has 0 aliphatic rings. The summed E-state index contributed by atoms with van der Waals surface area (Å²) in [6, 6.07) is 71.0. The third kappa shape index (κ3) is 6.87. The highest BCUT2D eigenvalue weighted by molar-refractivity contribution is 6.10. The van der Waals surface area contributed by atoms with E-state index in [2.05, 4.69) is 99.2 Å². The summed E-state index contributed by atoms with van der Waals surface area (Å²) in [5.41, 5.74) is 13.6. The van der Waals surface area contributed by atoms with E-state index in [0.717, 1.165) is 78.1 Å². The molecule has 0 saturated carbocycles. The normalized spacial score (nSPS) is 10.9. The van der Waals surface area contributed by atoms with E-state index in [1.54, 1.807) is 0 Å². The van der Waals surface area contributed by atoms with Crippen LogP contribution in [-0.2, 0) is 0 Å². The van der Waals surface area contributed by atoms with E-state index in [-0.39, 0.29) is 0 Å². The van der Waals surface area contributed by atoms with Crippen LogP contribution in [0.15, 0.2) is 200 Å². The summed E-state index contributed by atoms with van der Waals surface area (Å²) in [6.45, 7) is 7.47. The fourth-order valence-electron chi connectivity index (χ4n) is 8.09. The molecule has 288 valence electrons. The van der Waals surface area contributed by atoms with Gasteiger partial charge in [0.15, 0.2) is 11.5 Å². The molecular formula is C55H33N7. The Hall–Kier alpha value is -9.09. The van der Waals surface area contributed by atoms with Crippen LogP contribution in [0, 0.1) is 29.2 Å². The summed E-state index contributed by atoms with van der Waals surface area (Å²) >= 11 is 0. The quantitative estimate of drug-likeness (QED) is 0.143. The van der Waals surface area contributed by atoms with Gasteiger partial charge in [-0.25, -0.2) is 14.8 Å². The second-order valence-electron chi connectivity index (χ2n) is 14.8. The second kappa shape index (κ2) is 15.9. The summed E-state index contributed by atoms with van der Waals surface area (Å²) in [5.74, 6) is 0.600. The van der Waals surface area contributed by atoms with E-state index < -0.39 is 0 Å². The highest BCUT2D eigenvalue weighted by atomic mass is 15.1. The number of para-hydroxylation sites is 1. The van der Waals surface area contributed by atoms with E-state index in [0.29, 0.717) is 28.3 Å². The fourth-order valence-corrected chi connectivity index (χ4v) is 8.09. The van der Waals surface area contributed by atoms with Gasteiger partial charge in [-0.1, -0.05) is 115 Å². The summed E-state index contributed by atoms with van der Waals surface area (Å²) < 4.78 is 2.28. The van der Waals surface area contributed by atoms with Crippen molar-refractivity contribution in [3.63, 3.8) is 0 Å². The van der Waals surface area contributed by atoms with Gasteiger partial charge in [-0.2, -0.15) is 10.5 Å². The first-order valence-corrected chi connectivity index (χ1v) is 20.0. The minimum Gasteiger partial charge on any atom is -0.311 e. The molecule has 0 atom stereocenters. The van der Waals surface area contributed by atoms with Crippen LogP contribution in [0.25, 0.3) is 77.4 Å². The fraction of sp³-hybridized carbons (Fsp3) is 0. The number of nitriles is 2. The van der Waals surface area contributed by atoms with Crippen molar-refractivity contribution in [2.75, 3.05) is 4.90 Å². The predicted octanol–water partition coefficient (Wildman–Crippen LogP) is 14.0. The lowest BCUT2D eigenvalue weighted by Gasteiger charge is -2.26. The molecule has 8 aromatic carbocycles. The third-order valence-electron chi connectivity index (χ3n) is 11.1. The van der Waals surface area contributed by atoms with E-state index >= 15 is 0 Å². The van der Waals surface area contributed by atoms with Crippen molar-refractivity contribution in [2.45, 2.75) is 0 Å². The zero-order valence-corrected chi connectivity index (χ0v) is 33.2. The third-order valence-corrected chi connectivity index (χ3v) is 11.1. The molecule has 0 amide bonds. The standard InChI is InChI=1S/C55H33N7/c1-58-43-21-27-45(28-22-43)61(44-23-16-37(35-56)17-24-44)47-29-31-54-50(33-47)49-14-8-9-15-53(49)62(54)46-25-18-38(19-26-46)41-20-30-48(42(32-41)36-57)52-34-51(39-10-4-2-5-11-39)59-55(60-52)40-12-6-3-7-13-40/h2-34H. The van der Waals surface area contributed by atoms with Crippen molar-refractivity contribution in [2.24, 2.45) is 0 Å². The average Bonchev–Trinajstić information content (AvgIpc) is 3.68.